The van der Waals surface area contributed by atoms with E-state index in [-0.39, 0.29) is 0 Å². The van der Waals surface area contributed by atoms with Crippen molar-refractivity contribution in [2.75, 3.05) is 27.4 Å². The van der Waals surface area contributed by atoms with E-state index in [0.29, 0.717) is 18.1 Å². The van der Waals surface area contributed by atoms with Crippen molar-refractivity contribution in [3.8, 4) is 5.75 Å². The molecule has 1 rings (SSSR count). The molecule has 0 unspecified atom stereocenters. The molecule has 1 N–H and O–H groups in total. The molecule has 4 heteroatoms. The van der Waals surface area contributed by atoms with E-state index in [1.165, 1.54) is 0 Å². The lowest BCUT2D eigenvalue weighted by atomic mass is 10.2. The van der Waals surface area contributed by atoms with E-state index in [9.17, 15) is 0 Å². The molecule has 0 saturated heterocycles. The van der Waals surface area contributed by atoms with Crippen LogP contribution < -0.4 is 10.1 Å². The Balaban J connectivity index is 2.57. The van der Waals surface area contributed by atoms with Gasteiger partial charge in [0.1, 0.15) is 10.7 Å². The molecule has 0 atom stereocenters. The van der Waals surface area contributed by atoms with Gasteiger partial charge in [-0.2, -0.15) is 0 Å². The highest BCUT2D eigenvalue weighted by molar-refractivity contribution is 7.80. The fourth-order valence-electron chi connectivity index (χ4n) is 1.13. The maximum Gasteiger partial charge on any atom is 0.119 e. The van der Waals surface area contributed by atoms with E-state index in [4.69, 9.17) is 21.7 Å². The van der Waals surface area contributed by atoms with E-state index < -0.39 is 0 Å². The summed E-state index contributed by atoms with van der Waals surface area (Å²) in [5, 5.41) is 3.10. The lowest BCUT2D eigenvalue weighted by Crippen LogP contribution is -2.25. The Hall–Kier alpha value is -1.13. The number of methoxy groups -OCH3 is 2. The molecule has 0 aromatic heterocycles. The van der Waals surface area contributed by atoms with Crippen LogP contribution in [-0.2, 0) is 4.74 Å². The molecule has 0 aliphatic heterocycles. The number of benzene rings is 1. The molecule has 0 saturated carbocycles. The predicted octanol–water partition coefficient (Wildman–Crippen LogP) is 1.61. The van der Waals surface area contributed by atoms with Crippen LogP contribution in [0.2, 0.25) is 0 Å². The fraction of sp³-hybridized carbons (Fsp3) is 0.364. The largest absolute Gasteiger partial charge is 0.497 e. The van der Waals surface area contributed by atoms with Crippen molar-refractivity contribution in [2.45, 2.75) is 0 Å². The van der Waals surface area contributed by atoms with Crippen LogP contribution in [0.4, 0.5) is 0 Å². The summed E-state index contributed by atoms with van der Waals surface area (Å²) < 4.78 is 10.0. The highest BCUT2D eigenvalue weighted by atomic mass is 32.1. The topological polar surface area (TPSA) is 30.5 Å². The van der Waals surface area contributed by atoms with Gasteiger partial charge in [-0.25, -0.2) is 0 Å². The highest BCUT2D eigenvalue weighted by Crippen LogP contribution is 2.12. The first kappa shape index (κ1) is 11.9. The first-order chi connectivity index (χ1) is 7.27. The van der Waals surface area contributed by atoms with Crippen LogP contribution in [0.15, 0.2) is 24.3 Å². The summed E-state index contributed by atoms with van der Waals surface area (Å²) in [5.74, 6) is 0.809. The molecule has 1 aromatic rings. The standard InChI is InChI=1S/C11H15NO2S/c1-13-7-6-12-11(15)9-4-3-5-10(8-9)14-2/h3-5,8H,6-7H2,1-2H3,(H,12,15). The van der Waals surface area contributed by atoms with Gasteiger partial charge in [-0.3, -0.25) is 0 Å². The molecule has 0 aliphatic carbocycles. The van der Waals surface area contributed by atoms with Crippen molar-refractivity contribution in [1.82, 2.24) is 5.32 Å². The van der Waals surface area contributed by atoms with Crippen LogP contribution in [0.25, 0.3) is 0 Å². The number of rotatable bonds is 5. The van der Waals surface area contributed by atoms with Gasteiger partial charge in [0.2, 0.25) is 0 Å². The Kier molecular flexibility index (Phi) is 5.07. The van der Waals surface area contributed by atoms with Crippen LogP contribution in [0.3, 0.4) is 0 Å². The summed E-state index contributed by atoms with van der Waals surface area (Å²) >= 11 is 5.22. The number of nitrogens with one attached hydrogen (secondary N) is 1. The molecule has 3 nitrogen and oxygen atoms in total. The van der Waals surface area contributed by atoms with Crippen molar-refractivity contribution in [2.24, 2.45) is 0 Å². The Morgan fingerprint density at radius 1 is 1.40 bits per heavy atom. The molecule has 1 aromatic carbocycles. The van der Waals surface area contributed by atoms with E-state index in [1.54, 1.807) is 14.2 Å². The average molecular weight is 225 g/mol. The summed E-state index contributed by atoms with van der Waals surface area (Å²) in [5.41, 5.74) is 0.959. The highest BCUT2D eigenvalue weighted by Gasteiger charge is 2.01. The normalized spacial score (nSPS) is 9.73. The zero-order valence-corrected chi connectivity index (χ0v) is 9.76. The molecule has 0 amide bonds. The third kappa shape index (κ3) is 3.85. The molecular weight excluding hydrogens is 210 g/mol. The van der Waals surface area contributed by atoms with Gasteiger partial charge in [0.05, 0.1) is 13.7 Å². The van der Waals surface area contributed by atoms with Crippen LogP contribution in [0.5, 0.6) is 5.75 Å². The zero-order valence-electron chi connectivity index (χ0n) is 8.95. The molecule has 0 bridgehead atoms. The first-order valence-corrected chi connectivity index (χ1v) is 5.10. The number of hydrogen-bond acceptors (Lipinski definition) is 3. The van der Waals surface area contributed by atoms with Gasteiger partial charge in [0, 0.05) is 19.2 Å². The molecular formula is C11H15NO2S. The van der Waals surface area contributed by atoms with Crippen LogP contribution in [0.1, 0.15) is 5.56 Å². The summed E-state index contributed by atoms with van der Waals surface area (Å²) in [7, 11) is 3.30. The SMILES string of the molecule is COCCNC(=S)c1cccc(OC)c1. The maximum atomic E-state index is 5.22. The second-order valence-electron chi connectivity index (χ2n) is 2.98. The second kappa shape index (κ2) is 6.37. The van der Waals surface area contributed by atoms with Gasteiger partial charge in [-0.15, -0.1) is 0 Å². The number of thiocarbonyl (C=S) groups is 1. The smallest absolute Gasteiger partial charge is 0.119 e. The Bertz CT molecular complexity index is 328. The van der Waals surface area contributed by atoms with Gasteiger partial charge in [0.15, 0.2) is 0 Å². The quantitative estimate of drug-likeness (QED) is 0.609. The molecule has 0 heterocycles. The van der Waals surface area contributed by atoms with Crippen LogP contribution in [-0.4, -0.2) is 32.4 Å². The van der Waals surface area contributed by atoms with Crippen molar-refractivity contribution in [1.29, 1.82) is 0 Å². The third-order valence-electron chi connectivity index (χ3n) is 1.92. The van der Waals surface area contributed by atoms with E-state index in [2.05, 4.69) is 5.32 Å². The summed E-state index contributed by atoms with van der Waals surface area (Å²) in [6, 6.07) is 7.66. The number of hydrogen-bond donors (Lipinski definition) is 1. The van der Waals surface area contributed by atoms with Gasteiger partial charge in [0.25, 0.3) is 0 Å². The van der Waals surface area contributed by atoms with Crippen molar-refractivity contribution in [3.63, 3.8) is 0 Å². The Morgan fingerprint density at radius 3 is 2.87 bits per heavy atom. The molecule has 82 valence electrons. The van der Waals surface area contributed by atoms with Gasteiger partial charge >= 0.3 is 0 Å². The molecule has 0 aliphatic rings. The lowest BCUT2D eigenvalue weighted by Gasteiger charge is -2.08. The molecule has 0 radical (unpaired) electrons. The zero-order chi connectivity index (χ0) is 11.1. The Morgan fingerprint density at radius 2 is 2.20 bits per heavy atom. The van der Waals surface area contributed by atoms with Crippen LogP contribution in [0, 0.1) is 0 Å². The molecule has 0 fully saturated rings. The number of ether oxygens (including phenoxy) is 2. The van der Waals surface area contributed by atoms with Crippen molar-refractivity contribution in [3.05, 3.63) is 29.8 Å². The van der Waals surface area contributed by atoms with E-state index in [1.807, 2.05) is 24.3 Å². The lowest BCUT2D eigenvalue weighted by molar-refractivity contribution is 0.204. The van der Waals surface area contributed by atoms with Crippen LogP contribution >= 0.6 is 12.2 Å². The Labute approximate surface area is 95.4 Å². The van der Waals surface area contributed by atoms with Gasteiger partial charge in [-0.05, 0) is 12.1 Å². The minimum Gasteiger partial charge on any atom is -0.497 e. The fourth-order valence-corrected chi connectivity index (χ4v) is 1.36. The average Bonchev–Trinajstić information content (AvgIpc) is 2.29. The van der Waals surface area contributed by atoms with Crippen molar-refractivity contribution < 1.29 is 9.47 Å². The van der Waals surface area contributed by atoms with Gasteiger partial charge in [-0.1, -0.05) is 24.4 Å². The maximum absolute atomic E-state index is 5.22. The monoisotopic (exact) mass is 225 g/mol. The third-order valence-corrected chi connectivity index (χ3v) is 2.30. The summed E-state index contributed by atoms with van der Waals surface area (Å²) in [6.45, 7) is 1.36. The second-order valence-corrected chi connectivity index (χ2v) is 3.39. The summed E-state index contributed by atoms with van der Waals surface area (Å²) in [4.78, 5) is 0.714. The van der Waals surface area contributed by atoms with Crippen molar-refractivity contribution >= 4 is 17.2 Å². The minimum atomic E-state index is 0.643. The summed E-state index contributed by atoms with van der Waals surface area (Å²) in [6.07, 6.45) is 0. The first-order valence-electron chi connectivity index (χ1n) is 4.69. The van der Waals surface area contributed by atoms with E-state index >= 15 is 0 Å². The predicted molar refractivity (Wildman–Crippen MR) is 64.6 cm³/mol. The minimum absolute atomic E-state index is 0.643. The molecule has 15 heavy (non-hydrogen) atoms. The van der Waals surface area contributed by atoms with E-state index in [0.717, 1.165) is 11.3 Å². The van der Waals surface area contributed by atoms with Gasteiger partial charge < -0.3 is 14.8 Å². The molecule has 0 spiro atoms.